The van der Waals surface area contributed by atoms with Gasteiger partial charge in [-0.3, -0.25) is 0 Å². The van der Waals surface area contributed by atoms with Crippen LogP contribution in [0.5, 0.6) is 5.75 Å². The summed E-state index contributed by atoms with van der Waals surface area (Å²) in [6.07, 6.45) is 2.40. The first-order valence-corrected chi connectivity index (χ1v) is 9.25. The molecule has 25 heavy (non-hydrogen) atoms. The van der Waals surface area contributed by atoms with Crippen LogP contribution in [0.1, 0.15) is 62.4 Å². The molecule has 0 radical (unpaired) electrons. The maximum atomic E-state index is 9.61. The zero-order chi connectivity index (χ0) is 17.6. The highest BCUT2D eigenvalue weighted by atomic mass is 16.5. The van der Waals surface area contributed by atoms with Crippen molar-refractivity contribution in [3.63, 3.8) is 0 Å². The molecular formula is C22H27NO2. The number of ether oxygens (including phenoxy) is 1. The summed E-state index contributed by atoms with van der Waals surface area (Å²) in [5.74, 6) is 0.729. The van der Waals surface area contributed by atoms with Crippen molar-refractivity contribution in [1.29, 1.82) is 0 Å². The average Bonchev–Trinajstić information content (AvgIpc) is 2.60. The van der Waals surface area contributed by atoms with Crippen molar-refractivity contribution in [2.75, 3.05) is 11.9 Å². The van der Waals surface area contributed by atoms with Crippen molar-refractivity contribution >= 4 is 5.69 Å². The fourth-order valence-corrected chi connectivity index (χ4v) is 4.15. The molecule has 2 aromatic carbocycles. The van der Waals surface area contributed by atoms with Crippen LogP contribution in [-0.4, -0.2) is 11.7 Å². The van der Waals surface area contributed by atoms with Crippen LogP contribution < -0.4 is 5.32 Å². The second-order valence-corrected chi connectivity index (χ2v) is 8.36. The SMILES string of the molecule is CC(C)(C)c1ccc2c(c1)[C@H]1OCCC[C@H]1[C@H](c1ccc(O)cc1)N2. The molecule has 3 heteroatoms. The van der Waals surface area contributed by atoms with Crippen LogP contribution in [0.2, 0.25) is 0 Å². The standard InChI is InChI=1S/C22H27NO2/c1-22(2,3)15-8-11-19-18(13-15)21-17(5-4-12-25-21)20(23-19)14-6-9-16(24)10-7-14/h6-11,13,17,20-21,23-24H,4-5,12H2,1-3H3/t17-,20-,21-/m0/s1. The molecule has 132 valence electrons. The van der Waals surface area contributed by atoms with E-state index in [2.05, 4.69) is 44.3 Å². The lowest BCUT2D eigenvalue weighted by Gasteiger charge is -2.44. The first-order chi connectivity index (χ1) is 11.9. The van der Waals surface area contributed by atoms with Gasteiger partial charge in [-0.15, -0.1) is 0 Å². The summed E-state index contributed by atoms with van der Waals surface area (Å²) in [7, 11) is 0. The maximum Gasteiger partial charge on any atom is 0.115 e. The smallest absolute Gasteiger partial charge is 0.115 e. The van der Waals surface area contributed by atoms with Crippen LogP contribution in [0.3, 0.4) is 0 Å². The number of anilines is 1. The van der Waals surface area contributed by atoms with E-state index in [4.69, 9.17) is 4.74 Å². The van der Waals surface area contributed by atoms with Gasteiger partial charge in [0.1, 0.15) is 5.75 Å². The van der Waals surface area contributed by atoms with Crippen LogP contribution in [0.25, 0.3) is 0 Å². The number of hydrogen-bond acceptors (Lipinski definition) is 3. The Kier molecular flexibility index (Phi) is 3.99. The summed E-state index contributed by atoms with van der Waals surface area (Å²) in [5.41, 5.74) is 5.17. The molecule has 1 fully saturated rings. The Morgan fingerprint density at radius 3 is 2.56 bits per heavy atom. The van der Waals surface area contributed by atoms with E-state index in [-0.39, 0.29) is 17.6 Å². The Morgan fingerprint density at radius 2 is 1.84 bits per heavy atom. The quantitative estimate of drug-likeness (QED) is 0.739. The van der Waals surface area contributed by atoms with Crippen molar-refractivity contribution in [3.05, 3.63) is 59.2 Å². The maximum absolute atomic E-state index is 9.61. The van der Waals surface area contributed by atoms with Gasteiger partial charge in [0.15, 0.2) is 0 Å². The Labute approximate surface area is 150 Å². The molecule has 0 amide bonds. The molecule has 4 rings (SSSR count). The largest absolute Gasteiger partial charge is 0.508 e. The van der Waals surface area contributed by atoms with Crippen LogP contribution >= 0.6 is 0 Å². The minimum atomic E-state index is 0.132. The molecule has 2 heterocycles. The average molecular weight is 337 g/mol. The molecule has 0 spiro atoms. The third-order valence-electron chi connectivity index (χ3n) is 5.58. The van der Waals surface area contributed by atoms with E-state index in [1.807, 2.05) is 12.1 Å². The summed E-state index contributed by atoms with van der Waals surface area (Å²) in [6.45, 7) is 7.60. The summed E-state index contributed by atoms with van der Waals surface area (Å²) in [6, 6.07) is 14.6. The Morgan fingerprint density at radius 1 is 1.08 bits per heavy atom. The molecule has 3 nitrogen and oxygen atoms in total. The minimum absolute atomic E-state index is 0.132. The lowest BCUT2D eigenvalue weighted by molar-refractivity contribution is -0.0382. The highest BCUT2D eigenvalue weighted by molar-refractivity contribution is 5.59. The Hall–Kier alpha value is -2.00. The van der Waals surface area contributed by atoms with E-state index >= 15 is 0 Å². The van der Waals surface area contributed by atoms with E-state index in [9.17, 15) is 5.11 Å². The molecule has 2 aliphatic rings. The second kappa shape index (κ2) is 6.06. The molecule has 2 aromatic rings. The Bertz CT molecular complexity index is 761. The van der Waals surface area contributed by atoms with Crippen molar-refractivity contribution in [3.8, 4) is 5.75 Å². The number of fused-ring (bicyclic) bond motifs is 3. The predicted octanol–water partition coefficient (Wildman–Crippen LogP) is 5.32. The molecule has 0 aromatic heterocycles. The third-order valence-corrected chi connectivity index (χ3v) is 5.58. The summed E-state index contributed by atoms with van der Waals surface area (Å²) in [4.78, 5) is 0. The molecular weight excluding hydrogens is 310 g/mol. The third kappa shape index (κ3) is 3.02. The topological polar surface area (TPSA) is 41.5 Å². The minimum Gasteiger partial charge on any atom is -0.508 e. The molecule has 2 N–H and O–H groups in total. The zero-order valence-electron chi connectivity index (χ0n) is 15.3. The number of rotatable bonds is 1. The lowest BCUT2D eigenvalue weighted by atomic mass is 9.76. The molecule has 0 aliphatic carbocycles. The number of phenolic OH excluding ortho intramolecular Hbond substituents is 1. The zero-order valence-corrected chi connectivity index (χ0v) is 15.3. The summed E-state index contributed by atoms with van der Waals surface area (Å²) >= 11 is 0. The highest BCUT2D eigenvalue weighted by Crippen LogP contribution is 2.49. The van der Waals surface area contributed by atoms with E-state index < -0.39 is 0 Å². The normalized spacial score (nSPS) is 25.6. The van der Waals surface area contributed by atoms with Gasteiger partial charge in [0, 0.05) is 23.8 Å². The fraction of sp³-hybridized carbons (Fsp3) is 0.455. The predicted molar refractivity (Wildman–Crippen MR) is 101 cm³/mol. The summed E-state index contributed by atoms with van der Waals surface area (Å²) < 4.78 is 6.26. The van der Waals surface area contributed by atoms with E-state index in [1.54, 1.807) is 12.1 Å². The van der Waals surface area contributed by atoms with E-state index in [1.165, 1.54) is 22.4 Å². The van der Waals surface area contributed by atoms with Crippen LogP contribution in [0, 0.1) is 5.92 Å². The number of nitrogens with one attached hydrogen (secondary N) is 1. The van der Waals surface area contributed by atoms with E-state index in [0.717, 1.165) is 19.4 Å². The van der Waals surface area contributed by atoms with Gasteiger partial charge in [0.05, 0.1) is 12.1 Å². The van der Waals surface area contributed by atoms with Crippen molar-refractivity contribution in [2.45, 2.75) is 51.2 Å². The fourth-order valence-electron chi connectivity index (χ4n) is 4.15. The van der Waals surface area contributed by atoms with Crippen LogP contribution in [-0.2, 0) is 10.2 Å². The van der Waals surface area contributed by atoms with Crippen LogP contribution in [0.4, 0.5) is 5.69 Å². The molecule has 1 saturated heterocycles. The van der Waals surface area contributed by atoms with Crippen molar-refractivity contribution in [2.24, 2.45) is 5.92 Å². The van der Waals surface area contributed by atoms with Gasteiger partial charge in [-0.2, -0.15) is 0 Å². The number of benzene rings is 2. The molecule has 0 bridgehead atoms. The number of aromatic hydroxyl groups is 1. The van der Waals surface area contributed by atoms with Gasteiger partial charge in [0.25, 0.3) is 0 Å². The Balaban J connectivity index is 1.76. The van der Waals surface area contributed by atoms with Crippen molar-refractivity contribution in [1.82, 2.24) is 0 Å². The monoisotopic (exact) mass is 337 g/mol. The van der Waals surface area contributed by atoms with Crippen molar-refractivity contribution < 1.29 is 9.84 Å². The first-order valence-electron chi connectivity index (χ1n) is 9.25. The van der Waals surface area contributed by atoms with Gasteiger partial charge < -0.3 is 15.2 Å². The van der Waals surface area contributed by atoms with E-state index in [0.29, 0.717) is 11.7 Å². The second-order valence-electron chi connectivity index (χ2n) is 8.36. The highest BCUT2D eigenvalue weighted by Gasteiger charge is 2.40. The van der Waals surface area contributed by atoms with Gasteiger partial charge in [-0.05, 0) is 47.6 Å². The summed E-state index contributed by atoms with van der Waals surface area (Å²) in [5, 5.41) is 13.4. The molecule has 0 saturated carbocycles. The number of hydrogen-bond donors (Lipinski definition) is 2. The van der Waals surface area contributed by atoms with Gasteiger partial charge in [-0.1, -0.05) is 45.0 Å². The molecule has 3 atom stereocenters. The number of phenols is 1. The molecule has 0 unspecified atom stereocenters. The van der Waals surface area contributed by atoms with Crippen LogP contribution in [0.15, 0.2) is 42.5 Å². The van der Waals surface area contributed by atoms with Gasteiger partial charge in [0.2, 0.25) is 0 Å². The molecule has 2 aliphatic heterocycles. The first kappa shape index (κ1) is 16.5. The van der Waals surface area contributed by atoms with Gasteiger partial charge >= 0.3 is 0 Å². The van der Waals surface area contributed by atoms with Gasteiger partial charge in [-0.25, -0.2) is 0 Å². The lowest BCUT2D eigenvalue weighted by Crippen LogP contribution is -2.36.